The number of hydrogen-bond donors (Lipinski definition) is 1. The Balaban J connectivity index is 3.00. The fraction of sp³-hybridized carbons (Fsp3) is 0.318. The van der Waals surface area contributed by atoms with Gasteiger partial charge in [0.15, 0.2) is 5.78 Å². The van der Waals surface area contributed by atoms with Crippen LogP contribution in [0.25, 0.3) is 4.85 Å². The van der Waals surface area contributed by atoms with E-state index < -0.39 is 6.04 Å². The average molecular weight is 418 g/mol. The van der Waals surface area contributed by atoms with E-state index in [0.29, 0.717) is 11.1 Å². The van der Waals surface area contributed by atoms with E-state index in [1.165, 1.54) is 17.3 Å². The molecule has 1 aromatic rings. The van der Waals surface area contributed by atoms with Crippen LogP contribution in [0.3, 0.4) is 0 Å². The maximum atomic E-state index is 12.9. The first kappa shape index (κ1) is 23.7. The lowest BCUT2D eigenvalue weighted by atomic mass is 9.94. The second kappa shape index (κ2) is 12.2. The van der Waals surface area contributed by atoms with Crippen LogP contribution < -0.4 is 5.32 Å². The molecule has 1 rings (SSSR count). The predicted molar refractivity (Wildman–Crippen MR) is 120 cm³/mol. The number of allylic oxidation sites excluding steroid dienone is 3. The molecule has 0 spiro atoms. The Morgan fingerprint density at radius 3 is 2.39 bits per heavy atom. The van der Waals surface area contributed by atoms with Crippen molar-refractivity contribution in [3.63, 3.8) is 0 Å². The number of nitrogens with one attached hydrogen (secondary N) is 1. The van der Waals surface area contributed by atoms with Crippen LogP contribution in [0.4, 0.5) is 0 Å². The van der Waals surface area contributed by atoms with Gasteiger partial charge in [-0.1, -0.05) is 30.3 Å². The number of carbonyl (C=O) groups is 2. The number of carbonyl (C=O) groups excluding carboxylic acids is 2. The maximum Gasteiger partial charge on any atom is 0.310 e. The Labute approximate surface area is 176 Å². The summed E-state index contributed by atoms with van der Waals surface area (Å²) in [6.07, 6.45) is 7.20. The zero-order valence-electron chi connectivity index (χ0n) is 16.8. The highest BCUT2D eigenvalue weighted by Crippen LogP contribution is 2.17. The highest BCUT2D eigenvalue weighted by molar-refractivity contribution is 8.02. The van der Waals surface area contributed by atoms with Crippen LogP contribution in [0.1, 0.15) is 36.7 Å². The summed E-state index contributed by atoms with van der Waals surface area (Å²) in [5, 5.41) is 2.87. The number of thioether (sulfide) groups is 1. The minimum absolute atomic E-state index is 0.0533. The van der Waals surface area contributed by atoms with Crippen LogP contribution in [0, 0.1) is 12.0 Å². The van der Waals surface area contributed by atoms with Gasteiger partial charge in [0, 0.05) is 21.6 Å². The molecule has 0 saturated carbocycles. The standard InChI is InChI=1S/C22H25ClN2O2S/c1-15(2)20(21(26)18-10-8-17(9-11-18)14-24-4)25-22(27)16(3)13-19(28-5)7-6-12-23/h6-13,15,20H,1-5H3/p+1/b12-6+,16-13+,19-7+. The Kier molecular flexibility index (Phi) is 10.4. The summed E-state index contributed by atoms with van der Waals surface area (Å²) in [5.41, 5.74) is 3.26. The van der Waals surface area contributed by atoms with Gasteiger partial charge in [-0.05, 0) is 61.6 Å². The molecule has 1 aromatic carbocycles. The highest BCUT2D eigenvalue weighted by atomic mass is 35.5. The molecule has 1 amide bonds. The maximum absolute atomic E-state index is 12.9. The van der Waals surface area contributed by atoms with Crippen molar-refractivity contribution in [1.82, 2.24) is 5.32 Å². The third-order valence-corrected chi connectivity index (χ3v) is 4.80. The molecule has 148 valence electrons. The molecule has 0 bridgehead atoms. The lowest BCUT2D eigenvalue weighted by Gasteiger charge is -2.21. The first-order valence-corrected chi connectivity index (χ1v) is 10.5. The van der Waals surface area contributed by atoms with E-state index in [4.69, 9.17) is 11.6 Å². The van der Waals surface area contributed by atoms with Crippen LogP contribution in [0.15, 0.2) is 58.5 Å². The quantitative estimate of drug-likeness (QED) is 0.356. The zero-order chi connectivity index (χ0) is 21.1. The fourth-order valence-corrected chi connectivity index (χ4v) is 2.97. The van der Waals surface area contributed by atoms with Gasteiger partial charge in [0.05, 0.1) is 6.04 Å². The Bertz CT molecular complexity index is 844. The van der Waals surface area contributed by atoms with Gasteiger partial charge in [-0.25, -0.2) is 0 Å². The molecule has 28 heavy (non-hydrogen) atoms. The van der Waals surface area contributed by atoms with Crippen molar-refractivity contribution in [2.75, 3.05) is 13.3 Å². The van der Waals surface area contributed by atoms with Crippen molar-refractivity contribution < 1.29 is 9.59 Å². The molecular formula is C22H26ClN2O2S+. The van der Waals surface area contributed by atoms with E-state index in [2.05, 4.69) is 16.2 Å². The minimum atomic E-state index is -0.616. The number of halogens is 1. The number of hydrogen-bond acceptors (Lipinski definition) is 3. The Morgan fingerprint density at radius 2 is 1.89 bits per heavy atom. The molecule has 1 N–H and O–H groups in total. The number of Topliss-reactive ketones (excluding diaryl/α,β-unsaturated/α-hetero) is 1. The molecule has 0 radical (unpaired) electrons. The Morgan fingerprint density at radius 1 is 1.25 bits per heavy atom. The van der Waals surface area contributed by atoms with Gasteiger partial charge in [-0.15, -0.1) is 11.8 Å². The van der Waals surface area contributed by atoms with Crippen molar-refractivity contribution in [3.8, 4) is 6.07 Å². The first-order valence-electron chi connectivity index (χ1n) is 8.83. The number of rotatable bonds is 8. The second-order valence-electron chi connectivity index (χ2n) is 6.39. The van der Waals surface area contributed by atoms with Crippen molar-refractivity contribution >= 4 is 35.1 Å². The molecule has 0 heterocycles. The van der Waals surface area contributed by atoms with Crippen LogP contribution in [0.2, 0.25) is 0 Å². The Hall–Kier alpha value is -2.29. The molecule has 6 heteroatoms. The molecule has 0 saturated heterocycles. The van der Waals surface area contributed by atoms with Crippen LogP contribution in [-0.2, 0) is 4.79 Å². The van der Waals surface area contributed by atoms with E-state index >= 15 is 0 Å². The topological polar surface area (TPSA) is 50.5 Å². The predicted octanol–water partition coefficient (Wildman–Crippen LogP) is 5.27. The van der Waals surface area contributed by atoms with Gasteiger partial charge >= 0.3 is 6.07 Å². The minimum Gasteiger partial charge on any atom is -0.342 e. The number of ketones is 1. The van der Waals surface area contributed by atoms with Gasteiger partial charge in [-0.2, -0.15) is 0 Å². The fourth-order valence-electron chi connectivity index (χ4n) is 2.39. The summed E-state index contributed by atoms with van der Waals surface area (Å²) >= 11 is 7.05. The van der Waals surface area contributed by atoms with Gasteiger partial charge in [-0.3, -0.25) is 9.59 Å². The summed E-state index contributed by atoms with van der Waals surface area (Å²) < 4.78 is 0. The summed E-state index contributed by atoms with van der Waals surface area (Å²) in [7, 11) is 1.64. The first-order chi connectivity index (χ1) is 13.3. The number of amides is 1. The zero-order valence-corrected chi connectivity index (χ0v) is 18.4. The van der Waals surface area contributed by atoms with Crippen LogP contribution in [0.5, 0.6) is 0 Å². The molecule has 0 aliphatic carbocycles. The molecule has 0 fully saturated rings. The van der Waals surface area contributed by atoms with Crippen LogP contribution in [-0.4, -0.2) is 31.0 Å². The third kappa shape index (κ3) is 7.38. The summed E-state index contributed by atoms with van der Waals surface area (Å²) in [4.78, 5) is 30.3. The smallest absolute Gasteiger partial charge is 0.310 e. The average Bonchev–Trinajstić information content (AvgIpc) is 2.68. The van der Waals surface area contributed by atoms with Crippen molar-refractivity contribution in [1.29, 1.82) is 0 Å². The molecule has 1 atom stereocenters. The van der Waals surface area contributed by atoms with Gasteiger partial charge in [0.1, 0.15) is 5.56 Å². The second-order valence-corrected chi connectivity index (χ2v) is 7.52. The summed E-state index contributed by atoms with van der Waals surface area (Å²) in [6.45, 7) is 5.54. The van der Waals surface area contributed by atoms with Crippen LogP contribution >= 0.6 is 23.4 Å². The van der Waals surface area contributed by atoms with Crippen molar-refractivity contribution in [2.45, 2.75) is 26.8 Å². The molecule has 0 aliphatic heterocycles. The number of benzene rings is 1. The van der Waals surface area contributed by atoms with E-state index in [1.54, 1.807) is 50.4 Å². The molecular weight excluding hydrogens is 392 g/mol. The van der Waals surface area contributed by atoms with E-state index in [0.717, 1.165) is 10.5 Å². The molecule has 0 aromatic heterocycles. The lowest BCUT2D eigenvalue weighted by molar-refractivity contribution is -0.118. The van der Waals surface area contributed by atoms with Crippen molar-refractivity contribution in [3.05, 3.63) is 74.5 Å². The normalized spacial score (nSPS) is 13.2. The molecule has 0 aliphatic rings. The van der Waals surface area contributed by atoms with Gasteiger partial charge < -0.3 is 5.32 Å². The monoisotopic (exact) mass is 417 g/mol. The van der Waals surface area contributed by atoms with Gasteiger partial charge in [0.2, 0.25) is 5.91 Å². The SMILES string of the molecule is C[N+]#Cc1ccc(C(=O)C(NC(=O)/C(C)=C/C(=C\C=C\Cl)SC)C(C)C)cc1. The summed E-state index contributed by atoms with van der Waals surface area (Å²) in [6, 6.07) is 9.23. The number of nitrogens with zero attached hydrogens (tertiary/aromatic N) is 1. The van der Waals surface area contributed by atoms with E-state index in [1.807, 2.05) is 26.2 Å². The molecule has 1 unspecified atom stereocenters. The van der Waals surface area contributed by atoms with Gasteiger partial charge in [0.25, 0.3) is 7.05 Å². The summed E-state index contributed by atoms with van der Waals surface area (Å²) in [5.74, 6) is -0.450. The van der Waals surface area contributed by atoms with Crippen molar-refractivity contribution in [2.24, 2.45) is 5.92 Å². The third-order valence-electron chi connectivity index (χ3n) is 3.93. The van der Waals surface area contributed by atoms with E-state index in [-0.39, 0.29) is 17.6 Å². The largest absolute Gasteiger partial charge is 0.342 e. The van der Waals surface area contributed by atoms with E-state index in [9.17, 15) is 9.59 Å². The lowest BCUT2D eigenvalue weighted by Crippen LogP contribution is -2.44. The molecule has 4 nitrogen and oxygen atoms in total. The highest BCUT2D eigenvalue weighted by Gasteiger charge is 2.25.